The van der Waals surface area contributed by atoms with Crippen LogP contribution in [0.1, 0.15) is 30.5 Å². The fraction of sp³-hybridized carbons (Fsp3) is 0.273. The third kappa shape index (κ3) is 7.84. The zero-order valence-corrected chi connectivity index (χ0v) is 24.2. The van der Waals surface area contributed by atoms with Crippen LogP contribution >= 0.6 is 0 Å². The van der Waals surface area contributed by atoms with E-state index in [4.69, 9.17) is 4.74 Å². The SMILES string of the molecule is COc1ccccc1CN(CCc1c[nH]c2ccccc12)C(=O)CN(CC(C)C)C(=O)/C=C/c1ccc([N+](=O)[O-])cc1. The van der Waals surface area contributed by atoms with E-state index in [1.165, 1.54) is 18.2 Å². The summed E-state index contributed by atoms with van der Waals surface area (Å²) in [6, 6.07) is 21.6. The second-order valence-electron chi connectivity index (χ2n) is 10.5. The van der Waals surface area contributed by atoms with E-state index in [0.717, 1.165) is 22.0 Å². The number of nitro benzene ring substituents is 1. The minimum Gasteiger partial charge on any atom is -0.496 e. The number of ether oxygens (including phenoxy) is 1. The van der Waals surface area contributed by atoms with E-state index in [1.54, 1.807) is 35.1 Å². The van der Waals surface area contributed by atoms with Crippen molar-refractivity contribution >= 4 is 34.5 Å². The number of H-pyrrole nitrogens is 1. The minimum absolute atomic E-state index is 0.0201. The highest BCUT2D eigenvalue weighted by Gasteiger charge is 2.22. The number of fused-ring (bicyclic) bond motifs is 1. The van der Waals surface area contributed by atoms with Crippen LogP contribution in [0.3, 0.4) is 0 Å². The van der Waals surface area contributed by atoms with E-state index in [-0.39, 0.29) is 30.0 Å². The lowest BCUT2D eigenvalue weighted by Crippen LogP contribution is -2.44. The minimum atomic E-state index is -0.468. The number of methoxy groups -OCH3 is 1. The Morgan fingerprint density at radius 3 is 2.40 bits per heavy atom. The molecule has 0 aliphatic rings. The summed E-state index contributed by atoms with van der Waals surface area (Å²) in [6.07, 6.45) is 5.64. The fourth-order valence-corrected chi connectivity index (χ4v) is 4.84. The number of carbonyl (C=O) groups is 2. The lowest BCUT2D eigenvalue weighted by molar-refractivity contribution is -0.384. The van der Waals surface area contributed by atoms with Crippen molar-refractivity contribution in [1.29, 1.82) is 0 Å². The van der Waals surface area contributed by atoms with Crippen LogP contribution in [0.4, 0.5) is 5.69 Å². The number of aromatic amines is 1. The third-order valence-corrected chi connectivity index (χ3v) is 6.98. The van der Waals surface area contributed by atoms with Gasteiger partial charge in [0.25, 0.3) is 5.69 Å². The Kier molecular flexibility index (Phi) is 10.1. The molecule has 42 heavy (non-hydrogen) atoms. The van der Waals surface area contributed by atoms with Crippen molar-refractivity contribution in [2.75, 3.05) is 26.7 Å². The molecule has 0 radical (unpaired) electrons. The second-order valence-corrected chi connectivity index (χ2v) is 10.5. The van der Waals surface area contributed by atoms with E-state index in [1.807, 2.05) is 62.5 Å². The van der Waals surface area contributed by atoms with Gasteiger partial charge in [-0.05, 0) is 53.8 Å². The normalized spacial score (nSPS) is 11.2. The van der Waals surface area contributed by atoms with Crippen molar-refractivity contribution in [2.45, 2.75) is 26.8 Å². The van der Waals surface area contributed by atoms with Crippen LogP contribution < -0.4 is 4.74 Å². The van der Waals surface area contributed by atoms with E-state index >= 15 is 0 Å². The standard InChI is InChI=1S/C33H36N4O5/c1-24(2)21-36(32(38)17-14-25-12-15-28(16-13-25)37(40)41)23-33(39)35(22-27-8-4-7-11-31(27)42-3)19-18-26-20-34-30-10-6-5-9-29(26)30/h4-17,20,24,34H,18-19,21-23H2,1-3H3/b17-14+. The molecule has 9 nitrogen and oxygen atoms in total. The van der Waals surface area contributed by atoms with Gasteiger partial charge in [-0.1, -0.05) is 50.2 Å². The molecule has 1 N–H and O–H groups in total. The third-order valence-electron chi connectivity index (χ3n) is 6.98. The van der Waals surface area contributed by atoms with E-state index in [0.29, 0.717) is 37.4 Å². The molecule has 1 heterocycles. The number of nitrogens with one attached hydrogen (secondary N) is 1. The van der Waals surface area contributed by atoms with Crippen LogP contribution in [0.2, 0.25) is 0 Å². The summed E-state index contributed by atoms with van der Waals surface area (Å²) in [5.74, 6) is 0.370. The molecule has 3 aromatic carbocycles. The maximum Gasteiger partial charge on any atom is 0.269 e. The number of benzene rings is 3. The number of hydrogen-bond donors (Lipinski definition) is 1. The van der Waals surface area contributed by atoms with Crippen LogP contribution in [0, 0.1) is 16.0 Å². The largest absolute Gasteiger partial charge is 0.496 e. The fourth-order valence-electron chi connectivity index (χ4n) is 4.84. The van der Waals surface area contributed by atoms with Gasteiger partial charge in [-0.3, -0.25) is 19.7 Å². The van der Waals surface area contributed by atoms with E-state index in [2.05, 4.69) is 11.1 Å². The Morgan fingerprint density at radius 2 is 1.69 bits per heavy atom. The first-order chi connectivity index (χ1) is 20.2. The van der Waals surface area contributed by atoms with Crippen molar-refractivity contribution in [3.8, 4) is 5.75 Å². The molecule has 0 aliphatic carbocycles. The van der Waals surface area contributed by atoms with Crippen LogP contribution in [0.5, 0.6) is 5.75 Å². The van der Waals surface area contributed by atoms with Crippen LogP contribution in [0.15, 0.2) is 85.1 Å². The van der Waals surface area contributed by atoms with Gasteiger partial charge in [0.15, 0.2) is 0 Å². The molecule has 0 aliphatic heterocycles. The summed E-state index contributed by atoms with van der Waals surface area (Å²) >= 11 is 0. The smallest absolute Gasteiger partial charge is 0.269 e. The first kappa shape index (κ1) is 30.0. The number of carbonyl (C=O) groups excluding carboxylic acids is 2. The summed E-state index contributed by atoms with van der Waals surface area (Å²) < 4.78 is 5.55. The van der Waals surface area contributed by atoms with Gasteiger partial charge in [0.2, 0.25) is 11.8 Å². The van der Waals surface area contributed by atoms with Gasteiger partial charge in [-0.15, -0.1) is 0 Å². The maximum atomic E-state index is 13.8. The highest BCUT2D eigenvalue weighted by molar-refractivity contribution is 5.94. The summed E-state index contributed by atoms with van der Waals surface area (Å²) in [5.41, 5.74) is 3.68. The van der Waals surface area contributed by atoms with Gasteiger partial charge in [-0.25, -0.2) is 0 Å². The molecule has 4 rings (SSSR count). The predicted molar refractivity (Wildman–Crippen MR) is 164 cm³/mol. The molecule has 0 bridgehead atoms. The quantitative estimate of drug-likeness (QED) is 0.124. The van der Waals surface area contributed by atoms with Gasteiger partial charge < -0.3 is 19.5 Å². The highest BCUT2D eigenvalue weighted by Crippen LogP contribution is 2.22. The highest BCUT2D eigenvalue weighted by atomic mass is 16.6. The van der Waals surface area contributed by atoms with Gasteiger partial charge >= 0.3 is 0 Å². The molecule has 1 aromatic heterocycles. The summed E-state index contributed by atoms with van der Waals surface area (Å²) in [5, 5.41) is 12.1. The Labute approximate surface area is 245 Å². The summed E-state index contributed by atoms with van der Waals surface area (Å²) in [4.78, 5) is 44.2. The van der Waals surface area contributed by atoms with Gasteiger partial charge in [0, 0.05) is 60.5 Å². The van der Waals surface area contributed by atoms with Gasteiger partial charge in [0.1, 0.15) is 12.3 Å². The second kappa shape index (κ2) is 14.1. The molecule has 2 amide bonds. The summed E-state index contributed by atoms with van der Waals surface area (Å²) in [7, 11) is 1.61. The van der Waals surface area contributed by atoms with Crippen molar-refractivity contribution in [3.63, 3.8) is 0 Å². The lowest BCUT2D eigenvalue weighted by atomic mass is 10.1. The number of nitro groups is 1. The van der Waals surface area contributed by atoms with Crippen LogP contribution in [-0.2, 0) is 22.6 Å². The Balaban J connectivity index is 1.53. The zero-order valence-electron chi connectivity index (χ0n) is 24.2. The molecule has 218 valence electrons. The average molecular weight is 569 g/mol. The number of non-ortho nitro benzene ring substituents is 1. The molecule has 0 saturated carbocycles. The van der Waals surface area contributed by atoms with Gasteiger partial charge in [0.05, 0.1) is 12.0 Å². The molecule has 0 atom stereocenters. The monoisotopic (exact) mass is 568 g/mol. The molecular formula is C33H36N4O5. The first-order valence-electron chi connectivity index (χ1n) is 13.9. The predicted octanol–water partition coefficient (Wildman–Crippen LogP) is 5.85. The molecule has 0 fully saturated rings. The van der Waals surface area contributed by atoms with Gasteiger partial charge in [-0.2, -0.15) is 0 Å². The van der Waals surface area contributed by atoms with Crippen molar-refractivity contribution in [2.24, 2.45) is 5.92 Å². The molecular weight excluding hydrogens is 532 g/mol. The first-order valence-corrected chi connectivity index (χ1v) is 13.9. The molecule has 9 heteroatoms. The van der Waals surface area contributed by atoms with Crippen LogP contribution in [0.25, 0.3) is 17.0 Å². The van der Waals surface area contributed by atoms with Crippen molar-refractivity contribution in [3.05, 3.63) is 112 Å². The Morgan fingerprint density at radius 1 is 0.976 bits per heavy atom. The molecule has 4 aromatic rings. The number of amides is 2. The number of hydrogen-bond acceptors (Lipinski definition) is 5. The Hall–Kier alpha value is -4.92. The zero-order chi connectivity index (χ0) is 30.1. The molecule has 0 saturated heterocycles. The number of aromatic nitrogens is 1. The molecule has 0 unspecified atom stereocenters. The van der Waals surface area contributed by atoms with Crippen molar-refractivity contribution < 1.29 is 19.2 Å². The lowest BCUT2D eigenvalue weighted by Gasteiger charge is -2.28. The van der Waals surface area contributed by atoms with Crippen molar-refractivity contribution in [1.82, 2.24) is 14.8 Å². The van der Waals surface area contributed by atoms with Crippen LogP contribution in [-0.4, -0.2) is 58.3 Å². The topological polar surface area (TPSA) is 109 Å². The summed E-state index contributed by atoms with van der Waals surface area (Å²) in [6.45, 7) is 5.11. The Bertz CT molecular complexity index is 1560. The number of para-hydroxylation sites is 2. The van der Waals surface area contributed by atoms with E-state index < -0.39 is 4.92 Å². The molecule has 0 spiro atoms. The average Bonchev–Trinajstić information content (AvgIpc) is 3.40. The number of nitrogens with zero attached hydrogens (tertiary/aromatic N) is 3. The van der Waals surface area contributed by atoms with E-state index in [9.17, 15) is 19.7 Å². The number of rotatable bonds is 13. The maximum absolute atomic E-state index is 13.8.